The maximum absolute atomic E-state index is 12.1. The molecule has 0 bridgehead atoms. The molecule has 4 heteroatoms. The summed E-state index contributed by atoms with van der Waals surface area (Å²) in [6.07, 6.45) is 6.27. The lowest BCUT2D eigenvalue weighted by Crippen LogP contribution is -2.49. The van der Waals surface area contributed by atoms with Crippen LogP contribution in [0.2, 0.25) is 0 Å². The molecule has 0 aromatic rings. The highest BCUT2D eigenvalue weighted by molar-refractivity contribution is 5.86. The summed E-state index contributed by atoms with van der Waals surface area (Å²) >= 11 is 0. The number of unbranched alkanes of at least 4 members (excludes halogenated alkanes) is 4. The second-order valence-corrected chi connectivity index (χ2v) is 6.40. The molecular weight excluding hydrogens is 264 g/mol. The van der Waals surface area contributed by atoms with Crippen molar-refractivity contribution in [3.8, 4) is 0 Å². The fraction of sp³-hybridized carbons (Fsp3) is 0.882. The number of rotatable bonds is 12. The first-order chi connectivity index (χ1) is 9.88. The van der Waals surface area contributed by atoms with E-state index in [1.165, 1.54) is 19.3 Å². The van der Waals surface area contributed by atoms with Crippen LogP contribution in [0.25, 0.3) is 0 Å². The standard InChI is InChI=1S/C17H34N2O2/c1-6-7-8-9-10-11-16(20)18-12-15(19-14(4)5)17(21)13(2)3/h13-15,19H,6-12H2,1-5H3,(H,18,20)/t15-/m0/s1. The third-order valence-electron chi connectivity index (χ3n) is 3.46. The van der Waals surface area contributed by atoms with Crippen LogP contribution in [0.5, 0.6) is 0 Å². The average Bonchev–Trinajstić information content (AvgIpc) is 2.41. The van der Waals surface area contributed by atoms with Crippen molar-refractivity contribution in [2.75, 3.05) is 6.54 Å². The minimum Gasteiger partial charge on any atom is -0.354 e. The molecule has 1 amide bonds. The number of Topliss-reactive ketones (excluding diaryl/α,β-unsaturated/α-hetero) is 1. The van der Waals surface area contributed by atoms with Gasteiger partial charge < -0.3 is 10.6 Å². The predicted octanol–water partition coefficient (Wildman–Crippen LogP) is 3.05. The monoisotopic (exact) mass is 298 g/mol. The Morgan fingerprint density at radius 1 is 0.952 bits per heavy atom. The van der Waals surface area contributed by atoms with E-state index in [1.54, 1.807) is 0 Å². The van der Waals surface area contributed by atoms with Crippen molar-refractivity contribution in [1.29, 1.82) is 0 Å². The zero-order valence-electron chi connectivity index (χ0n) is 14.5. The van der Waals surface area contributed by atoms with E-state index in [1.807, 2.05) is 27.7 Å². The van der Waals surface area contributed by atoms with Crippen molar-refractivity contribution in [3.05, 3.63) is 0 Å². The van der Waals surface area contributed by atoms with E-state index < -0.39 is 0 Å². The van der Waals surface area contributed by atoms with Crippen molar-refractivity contribution in [3.63, 3.8) is 0 Å². The molecule has 2 N–H and O–H groups in total. The van der Waals surface area contributed by atoms with Crippen molar-refractivity contribution in [2.24, 2.45) is 5.92 Å². The molecule has 0 spiro atoms. The number of ketones is 1. The first-order valence-electron chi connectivity index (χ1n) is 8.44. The van der Waals surface area contributed by atoms with Crippen LogP contribution in [0, 0.1) is 5.92 Å². The summed E-state index contributed by atoms with van der Waals surface area (Å²) < 4.78 is 0. The van der Waals surface area contributed by atoms with Crippen molar-refractivity contribution >= 4 is 11.7 Å². The van der Waals surface area contributed by atoms with Gasteiger partial charge in [0.25, 0.3) is 0 Å². The van der Waals surface area contributed by atoms with Crippen LogP contribution in [0.3, 0.4) is 0 Å². The van der Waals surface area contributed by atoms with Gasteiger partial charge in [-0.25, -0.2) is 0 Å². The molecule has 0 aromatic heterocycles. The van der Waals surface area contributed by atoms with Gasteiger partial charge in [-0.3, -0.25) is 9.59 Å². The third kappa shape index (κ3) is 10.5. The number of hydrogen-bond acceptors (Lipinski definition) is 3. The molecular formula is C17H34N2O2. The summed E-state index contributed by atoms with van der Waals surface area (Å²) in [7, 11) is 0. The minimum absolute atomic E-state index is 0.0211. The lowest BCUT2D eigenvalue weighted by Gasteiger charge is -2.22. The number of carbonyl (C=O) groups excluding carboxylic acids is 2. The second-order valence-electron chi connectivity index (χ2n) is 6.40. The first kappa shape index (κ1) is 20.1. The van der Waals surface area contributed by atoms with Gasteiger partial charge in [-0.2, -0.15) is 0 Å². The topological polar surface area (TPSA) is 58.2 Å². The SMILES string of the molecule is CCCCCCCC(=O)NC[C@H](NC(C)C)C(=O)C(C)C. The lowest BCUT2D eigenvalue weighted by molar-refractivity contribution is -0.124. The molecule has 0 unspecified atom stereocenters. The van der Waals surface area contributed by atoms with Gasteiger partial charge in [0.05, 0.1) is 6.04 Å². The van der Waals surface area contributed by atoms with Crippen LogP contribution in [-0.4, -0.2) is 30.3 Å². The molecule has 0 radical (unpaired) electrons. The molecule has 0 saturated heterocycles. The van der Waals surface area contributed by atoms with E-state index in [9.17, 15) is 9.59 Å². The number of nitrogens with one attached hydrogen (secondary N) is 2. The van der Waals surface area contributed by atoms with Gasteiger partial charge in [0.15, 0.2) is 5.78 Å². The molecule has 0 aromatic carbocycles. The second kappa shape index (κ2) is 11.7. The van der Waals surface area contributed by atoms with Crippen molar-refractivity contribution in [2.45, 2.75) is 85.2 Å². The molecule has 21 heavy (non-hydrogen) atoms. The van der Waals surface area contributed by atoms with Gasteiger partial charge >= 0.3 is 0 Å². The Morgan fingerprint density at radius 2 is 1.57 bits per heavy atom. The van der Waals surface area contributed by atoms with Crippen LogP contribution in [0.4, 0.5) is 0 Å². The smallest absolute Gasteiger partial charge is 0.220 e. The Hall–Kier alpha value is -0.900. The summed E-state index contributed by atoms with van der Waals surface area (Å²) in [6, 6.07) is -0.0577. The highest BCUT2D eigenvalue weighted by atomic mass is 16.2. The van der Waals surface area contributed by atoms with Gasteiger partial charge in [-0.15, -0.1) is 0 Å². The summed E-state index contributed by atoms with van der Waals surface area (Å²) in [6.45, 7) is 10.4. The Bertz CT molecular complexity index is 301. The van der Waals surface area contributed by atoms with Crippen LogP contribution < -0.4 is 10.6 Å². The molecule has 1 atom stereocenters. The summed E-state index contributed by atoms with van der Waals surface area (Å²) in [4.78, 5) is 23.9. The maximum atomic E-state index is 12.1. The Balaban J connectivity index is 4.05. The Labute approximate surface area is 130 Å². The van der Waals surface area contributed by atoms with E-state index in [0.29, 0.717) is 13.0 Å². The van der Waals surface area contributed by atoms with Crippen molar-refractivity contribution < 1.29 is 9.59 Å². The highest BCUT2D eigenvalue weighted by Crippen LogP contribution is 2.05. The highest BCUT2D eigenvalue weighted by Gasteiger charge is 2.22. The Morgan fingerprint density at radius 3 is 2.10 bits per heavy atom. The van der Waals surface area contributed by atoms with Crippen LogP contribution in [-0.2, 0) is 9.59 Å². The molecule has 0 rings (SSSR count). The number of carbonyl (C=O) groups is 2. The zero-order chi connectivity index (χ0) is 16.3. The lowest BCUT2D eigenvalue weighted by atomic mass is 10.0. The van der Waals surface area contributed by atoms with Gasteiger partial charge in [0, 0.05) is 24.9 Å². The van der Waals surface area contributed by atoms with E-state index >= 15 is 0 Å². The van der Waals surface area contributed by atoms with Crippen LogP contribution >= 0.6 is 0 Å². The number of amides is 1. The quantitative estimate of drug-likeness (QED) is 0.544. The predicted molar refractivity (Wildman–Crippen MR) is 88.3 cm³/mol. The largest absolute Gasteiger partial charge is 0.354 e. The fourth-order valence-electron chi connectivity index (χ4n) is 2.24. The normalized spacial score (nSPS) is 12.7. The van der Waals surface area contributed by atoms with Gasteiger partial charge in [0.1, 0.15) is 0 Å². The summed E-state index contributed by atoms with van der Waals surface area (Å²) in [5, 5.41) is 6.13. The van der Waals surface area contributed by atoms with Crippen LogP contribution in [0.15, 0.2) is 0 Å². The minimum atomic E-state index is -0.283. The van der Waals surface area contributed by atoms with E-state index in [0.717, 1.165) is 12.8 Å². The van der Waals surface area contributed by atoms with Gasteiger partial charge in [-0.1, -0.05) is 60.3 Å². The summed E-state index contributed by atoms with van der Waals surface area (Å²) in [5.41, 5.74) is 0. The van der Waals surface area contributed by atoms with Gasteiger partial charge in [-0.05, 0) is 6.42 Å². The molecule has 124 valence electrons. The van der Waals surface area contributed by atoms with E-state index in [4.69, 9.17) is 0 Å². The number of hydrogen-bond donors (Lipinski definition) is 2. The first-order valence-corrected chi connectivity index (χ1v) is 8.44. The molecule has 4 nitrogen and oxygen atoms in total. The maximum Gasteiger partial charge on any atom is 0.220 e. The molecule has 0 aliphatic heterocycles. The summed E-state index contributed by atoms with van der Waals surface area (Å²) in [5.74, 6) is 0.192. The molecule has 0 fully saturated rings. The average molecular weight is 298 g/mol. The van der Waals surface area contributed by atoms with Crippen LogP contribution in [0.1, 0.15) is 73.1 Å². The molecule has 0 aliphatic rings. The van der Waals surface area contributed by atoms with Crippen molar-refractivity contribution in [1.82, 2.24) is 10.6 Å². The molecule has 0 saturated carbocycles. The third-order valence-corrected chi connectivity index (χ3v) is 3.46. The van der Waals surface area contributed by atoms with E-state index in [2.05, 4.69) is 17.6 Å². The molecule has 0 aliphatic carbocycles. The Kier molecular flexibility index (Phi) is 11.2. The molecule has 0 heterocycles. The fourth-order valence-corrected chi connectivity index (χ4v) is 2.24. The van der Waals surface area contributed by atoms with Gasteiger partial charge in [0.2, 0.25) is 5.91 Å². The van der Waals surface area contributed by atoms with E-state index in [-0.39, 0.29) is 29.7 Å². The zero-order valence-corrected chi connectivity index (χ0v) is 14.5.